The number of carbonyl (C=O) groups is 2. The summed E-state index contributed by atoms with van der Waals surface area (Å²) in [5, 5.41) is 4.87. The lowest BCUT2D eigenvalue weighted by Crippen LogP contribution is -2.52. The Balaban J connectivity index is 2.42. The summed E-state index contributed by atoms with van der Waals surface area (Å²) in [7, 11) is 0. The summed E-state index contributed by atoms with van der Waals surface area (Å²) in [4.78, 5) is 25.1. The minimum absolute atomic E-state index is 0.245. The molecular formula is C13H26N4O2. The van der Waals surface area contributed by atoms with Gasteiger partial charge in [-0.3, -0.25) is 15.0 Å². The fraction of sp³-hybridized carbons (Fsp3) is 0.846. The zero-order valence-electron chi connectivity index (χ0n) is 11.9. The van der Waals surface area contributed by atoms with Crippen molar-refractivity contribution in [2.75, 3.05) is 26.2 Å². The largest absolute Gasteiger partial charge is 0.338 e. The predicted octanol–water partition coefficient (Wildman–Crippen LogP) is 0.281. The zero-order valence-corrected chi connectivity index (χ0v) is 11.9. The molecule has 1 saturated heterocycles. The predicted molar refractivity (Wildman–Crippen MR) is 74.6 cm³/mol. The zero-order chi connectivity index (χ0) is 14.3. The Kier molecular flexibility index (Phi) is 6.80. The van der Waals surface area contributed by atoms with Crippen LogP contribution in [-0.4, -0.2) is 49.1 Å². The van der Waals surface area contributed by atoms with Gasteiger partial charge in [0.2, 0.25) is 5.91 Å². The van der Waals surface area contributed by atoms with Crippen LogP contribution >= 0.6 is 0 Å². The minimum atomic E-state index is -0.430. The van der Waals surface area contributed by atoms with E-state index in [0.29, 0.717) is 19.0 Å². The van der Waals surface area contributed by atoms with Gasteiger partial charge < -0.3 is 11.1 Å². The summed E-state index contributed by atoms with van der Waals surface area (Å²) in [6.45, 7) is 6.19. The van der Waals surface area contributed by atoms with E-state index in [1.54, 1.807) is 0 Å². The maximum Gasteiger partial charge on any atom is 0.321 e. The molecule has 0 aromatic heterocycles. The number of rotatable bonds is 5. The van der Waals surface area contributed by atoms with Gasteiger partial charge in [-0.2, -0.15) is 0 Å². The minimum Gasteiger partial charge on any atom is -0.338 e. The van der Waals surface area contributed by atoms with Crippen LogP contribution < -0.4 is 16.4 Å². The Morgan fingerprint density at radius 2 is 2.11 bits per heavy atom. The topological polar surface area (TPSA) is 87.5 Å². The molecule has 0 spiro atoms. The highest BCUT2D eigenvalue weighted by Crippen LogP contribution is 2.24. The lowest BCUT2D eigenvalue weighted by Gasteiger charge is -2.38. The Bertz CT molecular complexity index is 309. The van der Waals surface area contributed by atoms with Crippen LogP contribution in [0.1, 0.15) is 33.1 Å². The lowest BCUT2D eigenvalue weighted by atomic mass is 9.89. The van der Waals surface area contributed by atoms with Crippen molar-refractivity contribution < 1.29 is 9.59 Å². The first-order valence-corrected chi connectivity index (χ1v) is 7.12. The van der Waals surface area contributed by atoms with E-state index >= 15 is 0 Å². The molecule has 1 fully saturated rings. The molecule has 1 rings (SSSR count). The number of nitrogens with one attached hydrogen (secondary N) is 2. The van der Waals surface area contributed by atoms with Gasteiger partial charge in [-0.25, -0.2) is 4.79 Å². The van der Waals surface area contributed by atoms with Gasteiger partial charge in [0, 0.05) is 19.1 Å². The van der Waals surface area contributed by atoms with Crippen LogP contribution in [0.25, 0.3) is 0 Å². The Hall–Kier alpha value is -1.14. The van der Waals surface area contributed by atoms with Gasteiger partial charge in [-0.15, -0.1) is 0 Å². The molecule has 4 N–H and O–H groups in total. The number of carbonyl (C=O) groups excluding carboxylic acids is 2. The second-order valence-electron chi connectivity index (χ2n) is 5.07. The lowest BCUT2D eigenvalue weighted by molar-refractivity contribution is -0.122. The third-order valence-corrected chi connectivity index (χ3v) is 3.73. The van der Waals surface area contributed by atoms with Crippen LogP contribution in [0, 0.1) is 5.92 Å². The third-order valence-electron chi connectivity index (χ3n) is 3.73. The molecule has 1 aliphatic heterocycles. The third kappa shape index (κ3) is 5.16. The second-order valence-corrected chi connectivity index (χ2v) is 5.07. The highest BCUT2D eigenvalue weighted by Gasteiger charge is 2.28. The summed E-state index contributed by atoms with van der Waals surface area (Å²) in [5.74, 6) is 0.440. The van der Waals surface area contributed by atoms with Gasteiger partial charge in [0.15, 0.2) is 0 Å². The number of hydrogen-bond acceptors (Lipinski definition) is 4. The average Bonchev–Trinajstić information content (AvgIpc) is 2.39. The van der Waals surface area contributed by atoms with Gasteiger partial charge in [0.05, 0.1) is 6.54 Å². The summed E-state index contributed by atoms with van der Waals surface area (Å²) in [5.41, 5.74) is 5.78. The fourth-order valence-electron chi connectivity index (χ4n) is 2.56. The van der Waals surface area contributed by atoms with E-state index in [4.69, 9.17) is 5.73 Å². The van der Waals surface area contributed by atoms with Gasteiger partial charge in [0.1, 0.15) is 0 Å². The quantitative estimate of drug-likeness (QED) is 0.669. The molecule has 1 heterocycles. The van der Waals surface area contributed by atoms with E-state index in [1.165, 1.54) is 0 Å². The van der Waals surface area contributed by atoms with Crippen LogP contribution in [-0.2, 0) is 4.79 Å². The molecule has 2 unspecified atom stereocenters. The molecular weight excluding hydrogens is 244 g/mol. The first-order chi connectivity index (χ1) is 9.10. The van der Waals surface area contributed by atoms with E-state index in [1.807, 2.05) is 6.92 Å². The van der Waals surface area contributed by atoms with Gasteiger partial charge in [-0.1, -0.05) is 13.3 Å². The first kappa shape index (κ1) is 15.9. The number of piperidine rings is 1. The normalized spacial score (nSPS) is 23.9. The smallest absolute Gasteiger partial charge is 0.321 e. The number of nitrogens with two attached hydrogens (primary N) is 1. The maximum absolute atomic E-state index is 11.8. The monoisotopic (exact) mass is 270 g/mol. The van der Waals surface area contributed by atoms with Crippen molar-refractivity contribution in [2.45, 2.75) is 39.2 Å². The van der Waals surface area contributed by atoms with Crippen molar-refractivity contribution in [3.05, 3.63) is 0 Å². The number of urea groups is 1. The molecule has 0 aromatic rings. The van der Waals surface area contributed by atoms with Crippen molar-refractivity contribution in [1.82, 2.24) is 15.5 Å². The molecule has 6 heteroatoms. The first-order valence-electron chi connectivity index (χ1n) is 7.12. The molecule has 1 aliphatic rings. The Morgan fingerprint density at radius 3 is 2.68 bits per heavy atom. The number of hydrogen-bond donors (Lipinski definition) is 3. The molecule has 19 heavy (non-hydrogen) atoms. The van der Waals surface area contributed by atoms with Gasteiger partial charge in [0.25, 0.3) is 0 Å². The summed E-state index contributed by atoms with van der Waals surface area (Å²) in [6.07, 6.45) is 3.30. The highest BCUT2D eigenvalue weighted by atomic mass is 16.2. The van der Waals surface area contributed by atoms with Gasteiger partial charge in [-0.05, 0) is 32.2 Å². The van der Waals surface area contributed by atoms with Crippen molar-refractivity contribution in [1.29, 1.82) is 0 Å². The Labute approximate surface area is 115 Å². The average molecular weight is 270 g/mol. The molecule has 0 bridgehead atoms. The molecule has 0 aliphatic carbocycles. The second kappa shape index (κ2) is 8.12. The van der Waals surface area contributed by atoms with Crippen molar-refractivity contribution >= 4 is 11.9 Å². The maximum atomic E-state index is 11.8. The highest BCUT2D eigenvalue weighted by molar-refractivity contribution is 5.95. The van der Waals surface area contributed by atoms with E-state index in [9.17, 15) is 9.59 Å². The summed E-state index contributed by atoms with van der Waals surface area (Å²) < 4.78 is 0. The number of likely N-dealkylation sites (tertiary alicyclic amines) is 1. The van der Waals surface area contributed by atoms with Crippen LogP contribution in [0.4, 0.5) is 4.79 Å². The SMILES string of the molecule is CCNC(=O)NC(=O)CN1CCC(CC)CC1CN. The number of imide groups is 1. The molecule has 0 radical (unpaired) electrons. The van der Waals surface area contributed by atoms with Crippen LogP contribution in [0.3, 0.4) is 0 Å². The summed E-state index contributed by atoms with van der Waals surface area (Å²) >= 11 is 0. The van der Waals surface area contributed by atoms with E-state index in [-0.39, 0.29) is 18.5 Å². The van der Waals surface area contributed by atoms with E-state index < -0.39 is 6.03 Å². The van der Waals surface area contributed by atoms with Crippen molar-refractivity contribution in [3.63, 3.8) is 0 Å². The number of amides is 3. The molecule has 110 valence electrons. The van der Waals surface area contributed by atoms with E-state index in [0.717, 1.165) is 25.8 Å². The van der Waals surface area contributed by atoms with E-state index in [2.05, 4.69) is 22.5 Å². The summed E-state index contributed by atoms with van der Waals surface area (Å²) in [6, 6.07) is -0.182. The number of nitrogens with zero attached hydrogens (tertiary/aromatic N) is 1. The Morgan fingerprint density at radius 1 is 1.37 bits per heavy atom. The molecule has 0 aromatic carbocycles. The van der Waals surface area contributed by atoms with Crippen LogP contribution in [0.2, 0.25) is 0 Å². The fourth-order valence-corrected chi connectivity index (χ4v) is 2.56. The molecule has 6 nitrogen and oxygen atoms in total. The van der Waals surface area contributed by atoms with Crippen molar-refractivity contribution in [2.24, 2.45) is 11.7 Å². The molecule has 0 saturated carbocycles. The van der Waals surface area contributed by atoms with Crippen LogP contribution in [0.5, 0.6) is 0 Å². The van der Waals surface area contributed by atoms with Gasteiger partial charge >= 0.3 is 6.03 Å². The van der Waals surface area contributed by atoms with Crippen molar-refractivity contribution in [3.8, 4) is 0 Å². The van der Waals surface area contributed by atoms with Crippen LogP contribution in [0.15, 0.2) is 0 Å². The molecule has 3 amide bonds. The molecule has 2 atom stereocenters. The standard InChI is InChI=1S/C13H26N4O2/c1-3-10-5-6-17(11(7-10)8-14)9-12(18)16-13(19)15-4-2/h10-11H,3-9,14H2,1-2H3,(H2,15,16,18,19).